The predicted molar refractivity (Wildman–Crippen MR) is 108 cm³/mol. The highest BCUT2D eigenvalue weighted by Gasteiger charge is 2.24. The zero-order valence-corrected chi connectivity index (χ0v) is 17.7. The Bertz CT molecular complexity index is 1150. The van der Waals surface area contributed by atoms with E-state index in [0.717, 1.165) is 0 Å². The molecule has 0 atom stereocenters. The molecule has 30 heavy (non-hydrogen) atoms. The molecule has 2 N–H and O–H groups in total. The standard InChI is InChI=1S/C19H22FN5O4S/c1-11(2)15-7-14(20)8-16(13-9-21-29-10-13)18(15)22-19(26)24-30(27,28)17-5-6-25(23-17)12(3)4/h5-12H,1-4H3,(H2,22,24,26). The van der Waals surface area contributed by atoms with Gasteiger partial charge in [-0.2, -0.15) is 13.5 Å². The molecule has 9 nitrogen and oxygen atoms in total. The Labute approximate surface area is 173 Å². The van der Waals surface area contributed by atoms with Gasteiger partial charge in [-0.05, 0) is 43.5 Å². The minimum absolute atomic E-state index is 0.0401. The Kier molecular flexibility index (Phi) is 5.92. The number of nitrogens with one attached hydrogen (secondary N) is 2. The van der Waals surface area contributed by atoms with Gasteiger partial charge in [-0.1, -0.05) is 19.0 Å². The number of amides is 2. The molecule has 2 amide bonds. The molecule has 3 aromatic rings. The van der Waals surface area contributed by atoms with Crippen LogP contribution < -0.4 is 10.0 Å². The average molecular weight is 435 g/mol. The van der Waals surface area contributed by atoms with Gasteiger partial charge >= 0.3 is 6.03 Å². The van der Waals surface area contributed by atoms with Crippen molar-refractivity contribution < 1.29 is 22.1 Å². The van der Waals surface area contributed by atoms with E-state index in [-0.39, 0.29) is 22.7 Å². The Hall–Kier alpha value is -3.21. The van der Waals surface area contributed by atoms with E-state index in [1.165, 1.54) is 41.5 Å². The Morgan fingerprint density at radius 2 is 1.97 bits per heavy atom. The Morgan fingerprint density at radius 3 is 2.53 bits per heavy atom. The lowest BCUT2D eigenvalue weighted by Crippen LogP contribution is -2.35. The van der Waals surface area contributed by atoms with Crippen molar-refractivity contribution in [1.29, 1.82) is 0 Å². The van der Waals surface area contributed by atoms with Crippen LogP contribution in [-0.2, 0) is 10.0 Å². The number of urea groups is 1. The van der Waals surface area contributed by atoms with Crippen LogP contribution in [0.5, 0.6) is 0 Å². The fourth-order valence-electron chi connectivity index (χ4n) is 2.85. The highest BCUT2D eigenvalue weighted by atomic mass is 32.2. The predicted octanol–water partition coefficient (Wildman–Crippen LogP) is 3.89. The van der Waals surface area contributed by atoms with Gasteiger partial charge in [0.05, 0.1) is 11.9 Å². The van der Waals surface area contributed by atoms with Crippen LogP contribution in [0.15, 0.2) is 46.4 Å². The summed E-state index contributed by atoms with van der Waals surface area (Å²) in [7, 11) is -4.20. The van der Waals surface area contributed by atoms with Crippen molar-refractivity contribution in [3.63, 3.8) is 0 Å². The molecular weight excluding hydrogens is 413 g/mol. The van der Waals surface area contributed by atoms with E-state index in [4.69, 9.17) is 4.52 Å². The van der Waals surface area contributed by atoms with Crippen molar-refractivity contribution in [3.8, 4) is 11.1 Å². The van der Waals surface area contributed by atoms with Crippen LogP contribution in [0.25, 0.3) is 11.1 Å². The number of rotatable bonds is 6. The summed E-state index contributed by atoms with van der Waals surface area (Å²) in [5.41, 5.74) is 1.50. The number of carbonyl (C=O) groups is 1. The average Bonchev–Trinajstić information content (AvgIpc) is 3.34. The highest BCUT2D eigenvalue weighted by Crippen LogP contribution is 2.36. The van der Waals surface area contributed by atoms with Gasteiger partial charge in [0.2, 0.25) is 0 Å². The minimum atomic E-state index is -4.20. The summed E-state index contributed by atoms with van der Waals surface area (Å²) >= 11 is 0. The molecule has 0 saturated heterocycles. The number of sulfonamides is 1. The van der Waals surface area contributed by atoms with E-state index in [2.05, 4.69) is 15.6 Å². The van der Waals surface area contributed by atoms with E-state index in [9.17, 15) is 17.6 Å². The first-order chi connectivity index (χ1) is 14.1. The lowest BCUT2D eigenvalue weighted by Gasteiger charge is -2.18. The van der Waals surface area contributed by atoms with Gasteiger partial charge in [-0.15, -0.1) is 0 Å². The fourth-order valence-corrected chi connectivity index (χ4v) is 3.69. The van der Waals surface area contributed by atoms with Gasteiger partial charge in [0.1, 0.15) is 12.1 Å². The summed E-state index contributed by atoms with van der Waals surface area (Å²) in [6.45, 7) is 7.34. The monoisotopic (exact) mass is 435 g/mol. The topological polar surface area (TPSA) is 119 Å². The summed E-state index contributed by atoms with van der Waals surface area (Å²) in [4.78, 5) is 12.6. The first-order valence-corrected chi connectivity index (χ1v) is 10.7. The number of halogens is 1. The van der Waals surface area contributed by atoms with E-state index in [1.54, 1.807) is 0 Å². The van der Waals surface area contributed by atoms with Gasteiger partial charge in [0.15, 0.2) is 5.03 Å². The molecule has 160 valence electrons. The first-order valence-electron chi connectivity index (χ1n) is 9.20. The largest absolute Gasteiger partial charge is 0.364 e. The smallest absolute Gasteiger partial charge is 0.333 e. The molecule has 0 bridgehead atoms. The van der Waals surface area contributed by atoms with Crippen molar-refractivity contribution in [2.24, 2.45) is 0 Å². The number of hydrogen-bond acceptors (Lipinski definition) is 6. The maximum absolute atomic E-state index is 14.2. The van der Waals surface area contributed by atoms with Gasteiger partial charge in [0, 0.05) is 23.4 Å². The second-order valence-electron chi connectivity index (χ2n) is 7.27. The summed E-state index contributed by atoms with van der Waals surface area (Å²) in [5.74, 6) is -0.666. The van der Waals surface area contributed by atoms with E-state index < -0.39 is 21.9 Å². The van der Waals surface area contributed by atoms with Crippen LogP contribution in [0, 0.1) is 5.82 Å². The van der Waals surface area contributed by atoms with Crippen molar-refractivity contribution in [2.45, 2.75) is 44.7 Å². The van der Waals surface area contributed by atoms with E-state index >= 15 is 0 Å². The highest BCUT2D eigenvalue weighted by molar-refractivity contribution is 7.90. The van der Waals surface area contributed by atoms with Crippen LogP contribution in [0.4, 0.5) is 14.9 Å². The molecular formula is C19H22FN5O4S. The number of hydrogen-bond donors (Lipinski definition) is 2. The molecule has 0 fully saturated rings. The molecule has 2 heterocycles. The third-order valence-corrected chi connectivity index (χ3v) is 5.58. The fraction of sp³-hybridized carbons (Fsp3) is 0.316. The van der Waals surface area contributed by atoms with Gasteiger partial charge in [0.25, 0.3) is 10.0 Å². The second-order valence-corrected chi connectivity index (χ2v) is 8.90. The molecule has 3 rings (SSSR count). The molecule has 1 aromatic carbocycles. The summed E-state index contributed by atoms with van der Waals surface area (Å²) < 4.78 is 47.4. The molecule has 0 radical (unpaired) electrons. The van der Waals surface area contributed by atoms with Gasteiger partial charge < -0.3 is 9.84 Å². The van der Waals surface area contributed by atoms with Crippen molar-refractivity contribution in [2.75, 3.05) is 5.32 Å². The van der Waals surface area contributed by atoms with Crippen molar-refractivity contribution in [1.82, 2.24) is 19.7 Å². The zero-order valence-electron chi connectivity index (χ0n) is 16.9. The molecule has 0 aliphatic rings. The Balaban J connectivity index is 1.92. The maximum Gasteiger partial charge on any atom is 0.333 e. The zero-order chi connectivity index (χ0) is 22.1. The normalized spacial score (nSPS) is 11.8. The van der Waals surface area contributed by atoms with Crippen LogP contribution >= 0.6 is 0 Å². The second kappa shape index (κ2) is 8.27. The number of carbonyl (C=O) groups excluding carboxylic acids is 1. The third kappa shape index (κ3) is 4.51. The molecule has 0 saturated carbocycles. The van der Waals surface area contributed by atoms with Crippen molar-refractivity contribution >= 4 is 21.7 Å². The number of nitrogens with zero attached hydrogens (tertiary/aromatic N) is 3. The van der Waals surface area contributed by atoms with Crippen LogP contribution in [-0.4, -0.2) is 29.4 Å². The maximum atomic E-state index is 14.2. The summed E-state index contributed by atoms with van der Waals surface area (Å²) in [6.07, 6.45) is 4.19. The Morgan fingerprint density at radius 1 is 1.23 bits per heavy atom. The van der Waals surface area contributed by atoms with Gasteiger partial charge in [-0.25, -0.2) is 13.9 Å². The van der Waals surface area contributed by atoms with Gasteiger partial charge in [-0.3, -0.25) is 4.68 Å². The molecule has 0 unspecified atom stereocenters. The molecule has 11 heteroatoms. The number of anilines is 1. The van der Waals surface area contributed by atoms with Crippen LogP contribution in [0.2, 0.25) is 0 Å². The SMILES string of the molecule is CC(C)c1cc(F)cc(-c2cnoc2)c1NC(=O)NS(=O)(=O)c1ccn(C(C)C)n1. The minimum Gasteiger partial charge on any atom is -0.364 e. The third-order valence-electron chi connectivity index (χ3n) is 4.35. The molecule has 0 aliphatic carbocycles. The number of benzene rings is 1. The summed E-state index contributed by atoms with van der Waals surface area (Å²) in [6, 6.07) is 2.76. The molecule has 2 aromatic heterocycles. The van der Waals surface area contributed by atoms with Crippen molar-refractivity contribution in [3.05, 3.63) is 48.2 Å². The van der Waals surface area contributed by atoms with Crippen LogP contribution in [0.1, 0.15) is 45.2 Å². The quantitative estimate of drug-likeness (QED) is 0.606. The lowest BCUT2D eigenvalue weighted by atomic mass is 9.95. The van der Waals surface area contributed by atoms with E-state index in [0.29, 0.717) is 16.7 Å². The first kappa shape index (κ1) is 21.5. The lowest BCUT2D eigenvalue weighted by molar-refractivity contribution is 0.256. The van der Waals surface area contributed by atoms with Crippen LogP contribution in [0.3, 0.4) is 0 Å². The van der Waals surface area contributed by atoms with E-state index in [1.807, 2.05) is 32.4 Å². The summed E-state index contributed by atoms with van der Waals surface area (Å²) in [5, 5.41) is 9.83. The molecule has 0 aliphatic heterocycles. The molecule has 0 spiro atoms. The number of aromatic nitrogens is 3.